The van der Waals surface area contributed by atoms with Crippen LogP contribution in [0.25, 0.3) is 0 Å². The highest BCUT2D eigenvalue weighted by atomic mass is 32.1. The lowest BCUT2D eigenvalue weighted by molar-refractivity contribution is 0.556. The molecular formula is C8H11N3S. The van der Waals surface area contributed by atoms with Crippen LogP contribution in [0.4, 0.5) is 0 Å². The summed E-state index contributed by atoms with van der Waals surface area (Å²) in [7, 11) is 0. The summed E-state index contributed by atoms with van der Waals surface area (Å²) < 4.78 is 0. The van der Waals surface area contributed by atoms with Crippen LogP contribution in [0.3, 0.4) is 0 Å². The van der Waals surface area contributed by atoms with Crippen molar-refractivity contribution in [2.24, 2.45) is 5.84 Å². The fourth-order valence-electron chi connectivity index (χ4n) is 0.907. The Morgan fingerprint density at radius 3 is 3.08 bits per heavy atom. The molecule has 3 N–H and O–H groups in total. The molecule has 1 aromatic heterocycles. The number of rotatable bonds is 3. The number of hydrazine groups is 1. The molecule has 3 nitrogen and oxygen atoms in total. The maximum atomic E-state index is 5.32. The van der Waals surface area contributed by atoms with Gasteiger partial charge in [-0.1, -0.05) is 0 Å². The van der Waals surface area contributed by atoms with E-state index in [0.29, 0.717) is 6.42 Å². The van der Waals surface area contributed by atoms with E-state index >= 15 is 0 Å². The van der Waals surface area contributed by atoms with Gasteiger partial charge in [0.1, 0.15) is 0 Å². The minimum absolute atomic E-state index is 0.0139. The third-order valence-corrected chi connectivity index (χ3v) is 2.31. The molecule has 0 saturated carbocycles. The molecule has 4 heteroatoms. The summed E-state index contributed by atoms with van der Waals surface area (Å²) in [6.07, 6.45) is 5.75. The quantitative estimate of drug-likeness (QED) is 0.415. The van der Waals surface area contributed by atoms with E-state index in [1.165, 1.54) is 0 Å². The van der Waals surface area contributed by atoms with Gasteiger partial charge in [0.25, 0.3) is 0 Å². The molecule has 0 saturated heterocycles. The molecule has 1 unspecified atom stereocenters. The lowest BCUT2D eigenvalue weighted by atomic mass is 10.2. The zero-order valence-corrected chi connectivity index (χ0v) is 7.69. The van der Waals surface area contributed by atoms with E-state index in [-0.39, 0.29) is 6.04 Å². The van der Waals surface area contributed by atoms with Crippen molar-refractivity contribution in [2.75, 3.05) is 0 Å². The minimum atomic E-state index is -0.0139. The smallest absolute Gasteiger partial charge is 0.0898 e. The highest BCUT2D eigenvalue weighted by molar-refractivity contribution is 7.09. The maximum Gasteiger partial charge on any atom is 0.0898 e. The molecule has 1 rings (SSSR count). The summed E-state index contributed by atoms with van der Waals surface area (Å²) in [5.74, 6) is 7.87. The van der Waals surface area contributed by atoms with Crippen LogP contribution in [-0.4, -0.2) is 4.98 Å². The molecule has 0 radical (unpaired) electrons. The van der Waals surface area contributed by atoms with E-state index in [1.807, 2.05) is 12.3 Å². The first-order valence-corrected chi connectivity index (χ1v) is 4.47. The molecule has 1 aromatic rings. The van der Waals surface area contributed by atoms with E-state index in [0.717, 1.165) is 10.7 Å². The van der Waals surface area contributed by atoms with Gasteiger partial charge in [0, 0.05) is 11.8 Å². The summed E-state index contributed by atoms with van der Waals surface area (Å²) in [6, 6.07) is -0.0139. The molecule has 0 aliphatic heterocycles. The number of thiazole rings is 1. The number of hydrogen-bond acceptors (Lipinski definition) is 4. The second kappa shape index (κ2) is 4.21. The van der Waals surface area contributed by atoms with Gasteiger partial charge in [-0.15, -0.1) is 23.7 Å². The van der Waals surface area contributed by atoms with Gasteiger partial charge < -0.3 is 0 Å². The zero-order valence-electron chi connectivity index (χ0n) is 6.87. The van der Waals surface area contributed by atoms with Crippen LogP contribution in [0.15, 0.2) is 5.38 Å². The largest absolute Gasteiger partial charge is 0.271 e. The Morgan fingerprint density at radius 2 is 2.67 bits per heavy atom. The van der Waals surface area contributed by atoms with Crippen LogP contribution in [0.2, 0.25) is 0 Å². The average molecular weight is 181 g/mol. The molecule has 0 aliphatic carbocycles. The van der Waals surface area contributed by atoms with Crippen LogP contribution in [0.1, 0.15) is 23.2 Å². The molecule has 0 spiro atoms. The standard InChI is InChI=1S/C8H11N3S/c1-3-4-7(11-9)8-5-12-6(2)10-8/h1,5,7,11H,4,9H2,2H3. The van der Waals surface area contributed by atoms with Gasteiger partial charge in [-0.25, -0.2) is 4.98 Å². The minimum Gasteiger partial charge on any atom is -0.271 e. The fraction of sp³-hybridized carbons (Fsp3) is 0.375. The lowest BCUT2D eigenvalue weighted by Crippen LogP contribution is -2.27. The van der Waals surface area contributed by atoms with E-state index in [2.05, 4.69) is 16.3 Å². The van der Waals surface area contributed by atoms with Crippen molar-refractivity contribution in [2.45, 2.75) is 19.4 Å². The summed E-state index contributed by atoms with van der Waals surface area (Å²) in [5.41, 5.74) is 3.56. The molecule has 12 heavy (non-hydrogen) atoms. The van der Waals surface area contributed by atoms with Crippen molar-refractivity contribution in [3.8, 4) is 12.3 Å². The summed E-state index contributed by atoms with van der Waals surface area (Å²) in [4.78, 5) is 4.28. The van der Waals surface area contributed by atoms with Crippen LogP contribution >= 0.6 is 11.3 Å². The highest BCUT2D eigenvalue weighted by Gasteiger charge is 2.10. The molecule has 64 valence electrons. The highest BCUT2D eigenvalue weighted by Crippen LogP contribution is 2.17. The summed E-state index contributed by atoms with van der Waals surface area (Å²) in [6.45, 7) is 1.96. The third kappa shape index (κ3) is 2.05. The summed E-state index contributed by atoms with van der Waals surface area (Å²) in [5, 5.41) is 3.00. The Labute approximate surface area is 76.0 Å². The number of nitrogens with two attached hydrogens (primary N) is 1. The second-order valence-corrected chi connectivity index (χ2v) is 3.48. The Kier molecular flexibility index (Phi) is 3.23. The number of aryl methyl sites for hydroxylation is 1. The SMILES string of the molecule is C#CCC(NN)c1csc(C)n1. The molecule has 0 aliphatic rings. The van der Waals surface area contributed by atoms with Crippen molar-refractivity contribution >= 4 is 11.3 Å². The van der Waals surface area contributed by atoms with Gasteiger partial charge in [-0.05, 0) is 6.92 Å². The normalized spacial score (nSPS) is 12.4. The van der Waals surface area contributed by atoms with Gasteiger partial charge in [0.15, 0.2) is 0 Å². The Hall–Kier alpha value is -0.890. The maximum absolute atomic E-state index is 5.32. The van der Waals surface area contributed by atoms with Crippen LogP contribution in [0, 0.1) is 19.3 Å². The molecule has 1 atom stereocenters. The van der Waals surface area contributed by atoms with Gasteiger partial charge >= 0.3 is 0 Å². The van der Waals surface area contributed by atoms with E-state index < -0.39 is 0 Å². The van der Waals surface area contributed by atoms with Crippen molar-refractivity contribution in [1.29, 1.82) is 0 Å². The number of hydrogen-bond donors (Lipinski definition) is 2. The van der Waals surface area contributed by atoms with Gasteiger partial charge in [0.05, 0.1) is 16.7 Å². The van der Waals surface area contributed by atoms with Crippen molar-refractivity contribution in [3.05, 3.63) is 16.1 Å². The van der Waals surface area contributed by atoms with Gasteiger partial charge in [0.2, 0.25) is 0 Å². The van der Waals surface area contributed by atoms with Crippen LogP contribution in [0.5, 0.6) is 0 Å². The number of nitrogens with zero attached hydrogens (tertiary/aromatic N) is 1. The van der Waals surface area contributed by atoms with E-state index in [9.17, 15) is 0 Å². The predicted octanol–water partition coefficient (Wildman–Crippen LogP) is 0.979. The molecule has 0 bridgehead atoms. The Bertz CT molecular complexity index is 287. The predicted molar refractivity (Wildman–Crippen MR) is 50.4 cm³/mol. The number of aromatic nitrogens is 1. The first-order chi connectivity index (χ1) is 5.77. The summed E-state index contributed by atoms with van der Waals surface area (Å²) >= 11 is 1.60. The third-order valence-electron chi connectivity index (χ3n) is 1.52. The van der Waals surface area contributed by atoms with Crippen molar-refractivity contribution in [1.82, 2.24) is 10.4 Å². The van der Waals surface area contributed by atoms with Crippen molar-refractivity contribution in [3.63, 3.8) is 0 Å². The molecular weight excluding hydrogens is 170 g/mol. The van der Waals surface area contributed by atoms with Crippen LogP contribution < -0.4 is 11.3 Å². The lowest BCUT2D eigenvalue weighted by Gasteiger charge is -2.08. The first kappa shape index (κ1) is 9.20. The van der Waals surface area contributed by atoms with E-state index in [4.69, 9.17) is 12.3 Å². The molecule has 1 heterocycles. The average Bonchev–Trinajstić information content (AvgIpc) is 2.47. The molecule has 0 aromatic carbocycles. The first-order valence-electron chi connectivity index (χ1n) is 3.59. The fourth-order valence-corrected chi connectivity index (χ4v) is 1.57. The van der Waals surface area contributed by atoms with Gasteiger partial charge in [-0.2, -0.15) is 0 Å². The molecule has 0 amide bonds. The second-order valence-electron chi connectivity index (χ2n) is 2.42. The molecule has 0 fully saturated rings. The van der Waals surface area contributed by atoms with Gasteiger partial charge in [-0.3, -0.25) is 11.3 Å². The number of terminal acetylenes is 1. The Morgan fingerprint density at radius 1 is 1.92 bits per heavy atom. The van der Waals surface area contributed by atoms with E-state index in [1.54, 1.807) is 11.3 Å². The topological polar surface area (TPSA) is 50.9 Å². The zero-order chi connectivity index (χ0) is 8.97. The number of nitrogens with one attached hydrogen (secondary N) is 1. The van der Waals surface area contributed by atoms with Crippen molar-refractivity contribution < 1.29 is 0 Å². The Balaban J connectivity index is 2.74. The monoisotopic (exact) mass is 181 g/mol. The van der Waals surface area contributed by atoms with Crippen LogP contribution in [-0.2, 0) is 0 Å².